The van der Waals surface area contributed by atoms with Crippen LogP contribution in [-0.4, -0.2) is 36.5 Å². The Morgan fingerprint density at radius 3 is 2.60 bits per heavy atom. The summed E-state index contributed by atoms with van der Waals surface area (Å²) in [6.45, 7) is 6.07. The molecule has 0 spiro atoms. The summed E-state index contributed by atoms with van der Waals surface area (Å²) in [5.74, 6) is 0.336. The van der Waals surface area contributed by atoms with Gasteiger partial charge in [-0.1, -0.05) is 26.0 Å². The lowest BCUT2D eigenvalue weighted by atomic mass is 10.0. The second-order valence-electron chi connectivity index (χ2n) is 6.51. The average Bonchev–Trinajstić information content (AvgIpc) is 3.24. The van der Waals surface area contributed by atoms with Crippen molar-refractivity contribution in [3.63, 3.8) is 0 Å². The maximum Gasteiger partial charge on any atom is 0.325 e. The van der Waals surface area contributed by atoms with Gasteiger partial charge < -0.3 is 10.2 Å². The smallest absolute Gasteiger partial charge is 0.325 e. The summed E-state index contributed by atoms with van der Waals surface area (Å²) >= 11 is 1.60. The highest BCUT2D eigenvalue weighted by molar-refractivity contribution is 7.07. The van der Waals surface area contributed by atoms with Crippen molar-refractivity contribution < 1.29 is 9.59 Å². The first-order valence-electron chi connectivity index (χ1n) is 8.49. The van der Waals surface area contributed by atoms with Gasteiger partial charge in [0.1, 0.15) is 6.54 Å². The summed E-state index contributed by atoms with van der Waals surface area (Å²) in [6.07, 6.45) is 0. The predicted molar refractivity (Wildman–Crippen MR) is 101 cm³/mol. The molecule has 1 aliphatic rings. The van der Waals surface area contributed by atoms with E-state index >= 15 is 0 Å². The van der Waals surface area contributed by atoms with Crippen LogP contribution in [0.5, 0.6) is 0 Å². The zero-order valence-corrected chi connectivity index (χ0v) is 15.4. The number of anilines is 1. The molecule has 1 N–H and O–H groups in total. The van der Waals surface area contributed by atoms with E-state index in [-0.39, 0.29) is 18.5 Å². The lowest BCUT2D eigenvalue weighted by Crippen LogP contribution is -2.39. The highest BCUT2D eigenvalue weighted by atomic mass is 32.1. The van der Waals surface area contributed by atoms with Crippen LogP contribution in [0.15, 0.2) is 41.1 Å². The number of rotatable bonds is 6. The number of benzene rings is 1. The fourth-order valence-corrected chi connectivity index (χ4v) is 3.50. The maximum atomic E-state index is 12.6. The molecule has 132 valence electrons. The molecular formula is C19H23N3O2S. The minimum absolute atomic E-state index is 0.101. The molecule has 0 bridgehead atoms. The molecule has 1 saturated heterocycles. The number of hydrogen-bond acceptors (Lipinski definition) is 3. The first-order valence-corrected chi connectivity index (χ1v) is 9.43. The van der Waals surface area contributed by atoms with Gasteiger partial charge in [0.25, 0.3) is 0 Å². The van der Waals surface area contributed by atoms with Crippen LogP contribution in [0.1, 0.15) is 30.9 Å². The summed E-state index contributed by atoms with van der Waals surface area (Å²) in [5.41, 5.74) is 3.22. The first kappa shape index (κ1) is 17.5. The zero-order valence-electron chi connectivity index (χ0n) is 14.6. The largest absolute Gasteiger partial charge is 0.350 e. The van der Waals surface area contributed by atoms with E-state index in [9.17, 15) is 9.59 Å². The molecule has 1 fully saturated rings. The van der Waals surface area contributed by atoms with Crippen LogP contribution in [0.25, 0.3) is 0 Å². The Morgan fingerprint density at radius 2 is 1.96 bits per heavy atom. The van der Waals surface area contributed by atoms with Crippen LogP contribution in [0.4, 0.5) is 10.5 Å². The number of carbonyl (C=O) groups excluding carboxylic acids is 2. The lowest BCUT2D eigenvalue weighted by Gasteiger charge is -2.19. The van der Waals surface area contributed by atoms with Gasteiger partial charge in [-0.3, -0.25) is 9.69 Å². The number of nitrogens with zero attached hydrogens (tertiary/aromatic N) is 2. The zero-order chi connectivity index (χ0) is 17.8. The summed E-state index contributed by atoms with van der Waals surface area (Å²) < 4.78 is 0. The van der Waals surface area contributed by atoms with E-state index in [4.69, 9.17) is 0 Å². The van der Waals surface area contributed by atoms with Crippen LogP contribution in [0.2, 0.25) is 0 Å². The molecule has 2 heterocycles. The van der Waals surface area contributed by atoms with E-state index in [2.05, 4.69) is 31.3 Å². The van der Waals surface area contributed by atoms with Gasteiger partial charge in [0, 0.05) is 25.3 Å². The Balaban J connectivity index is 1.55. The van der Waals surface area contributed by atoms with Crippen LogP contribution < -0.4 is 10.2 Å². The molecule has 3 amide bonds. The van der Waals surface area contributed by atoms with Crippen molar-refractivity contribution in [3.8, 4) is 0 Å². The van der Waals surface area contributed by atoms with E-state index in [1.165, 1.54) is 5.56 Å². The molecular weight excluding hydrogens is 334 g/mol. The molecule has 1 aromatic carbocycles. The molecule has 0 saturated carbocycles. The maximum absolute atomic E-state index is 12.6. The topological polar surface area (TPSA) is 52.6 Å². The molecule has 2 aromatic rings. The predicted octanol–water partition coefficient (Wildman–Crippen LogP) is 3.43. The highest BCUT2D eigenvalue weighted by Gasteiger charge is 2.30. The van der Waals surface area contributed by atoms with Gasteiger partial charge >= 0.3 is 6.03 Å². The average molecular weight is 357 g/mol. The van der Waals surface area contributed by atoms with Gasteiger partial charge in [-0.15, -0.1) is 0 Å². The third-order valence-electron chi connectivity index (χ3n) is 4.37. The molecule has 0 radical (unpaired) electrons. The number of hydrogen-bond donors (Lipinski definition) is 1. The quantitative estimate of drug-likeness (QED) is 0.861. The van der Waals surface area contributed by atoms with Crippen molar-refractivity contribution in [2.45, 2.75) is 26.3 Å². The van der Waals surface area contributed by atoms with Crippen LogP contribution >= 0.6 is 11.3 Å². The summed E-state index contributed by atoms with van der Waals surface area (Å²) in [5, 5.41) is 6.85. The molecule has 0 unspecified atom stereocenters. The highest BCUT2D eigenvalue weighted by Crippen LogP contribution is 2.23. The van der Waals surface area contributed by atoms with Crippen molar-refractivity contribution in [3.05, 3.63) is 52.2 Å². The Kier molecular flexibility index (Phi) is 5.38. The van der Waals surface area contributed by atoms with Gasteiger partial charge in [-0.25, -0.2) is 4.79 Å². The second kappa shape index (κ2) is 7.70. The molecule has 25 heavy (non-hydrogen) atoms. The molecule has 6 heteroatoms. The van der Waals surface area contributed by atoms with Crippen LogP contribution in [0, 0.1) is 0 Å². The number of nitrogens with one attached hydrogen (secondary N) is 1. The van der Waals surface area contributed by atoms with E-state index in [0.717, 1.165) is 11.3 Å². The molecule has 0 atom stereocenters. The fourth-order valence-electron chi connectivity index (χ4n) is 2.83. The molecule has 1 aliphatic heterocycles. The minimum atomic E-state index is -0.128. The number of amides is 3. The van der Waals surface area contributed by atoms with Gasteiger partial charge in [0.05, 0.1) is 0 Å². The van der Waals surface area contributed by atoms with E-state index in [1.54, 1.807) is 21.1 Å². The third-order valence-corrected chi connectivity index (χ3v) is 5.10. The first-order chi connectivity index (χ1) is 12.0. The number of thiophene rings is 1. The van der Waals surface area contributed by atoms with Crippen LogP contribution in [0.3, 0.4) is 0 Å². The number of carbonyl (C=O) groups is 2. The normalized spacial score (nSPS) is 14.4. The minimum Gasteiger partial charge on any atom is -0.350 e. The fraction of sp³-hybridized carbons (Fsp3) is 0.368. The molecule has 1 aromatic heterocycles. The van der Waals surface area contributed by atoms with Gasteiger partial charge in [-0.05, 0) is 46.0 Å². The van der Waals surface area contributed by atoms with Crippen molar-refractivity contribution >= 4 is 29.0 Å². The summed E-state index contributed by atoms with van der Waals surface area (Å²) in [7, 11) is 0. The Hall–Kier alpha value is -2.34. The number of urea groups is 1. The van der Waals surface area contributed by atoms with Crippen molar-refractivity contribution in [1.29, 1.82) is 0 Å². The monoisotopic (exact) mass is 357 g/mol. The van der Waals surface area contributed by atoms with E-state index < -0.39 is 0 Å². The van der Waals surface area contributed by atoms with E-state index in [1.807, 2.05) is 29.0 Å². The van der Waals surface area contributed by atoms with Gasteiger partial charge in [0.2, 0.25) is 5.91 Å². The Bertz CT molecular complexity index is 726. The SMILES string of the molecule is CC(C)c1ccc(N2CCN(CC(=O)NCc3ccsc3)C2=O)cc1. The summed E-state index contributed by atoms with van der Waals surface area (Å²) in [4.78, 5) is 28.0. The Labute approximate surface area is 152 Å². The third kappa shape index (κ3) is 4.20. The second-order valence-corrected chi connectivity index (χ2v) is 7.29. The summed E-state index contributed by atoms with van der Waals surface area (Å²) in [6, 6.07) is 9.95. The Morgan fingerprint density at radius 1 is 1.20 bits per heavy atom. The standard InChI is InChI=1S/C19H23N3O2S/c1-14(2)16-3-5-17(6-4-16)22-9-8-21(19(22)24)12-18(23)20-11-15-7-10-25-13-15/h3-7,10,13-14H,8-9,11-12H2,1-2H3,(H,20,23). The molecule has 0 aliphatic carbocycles. The molecule has 3 rings (SSSR count). The van der Waals surface area contributed by atoms with Crippen molar-refractivity contribution in [2.75, 3.05) is 24.5 Å². The lowest BCUT2D eigenvalue weighted by molar-refractivity contribution is -0.121. The van der Waals surface area contributed by atoms with Gasteiger partial charge in [0.15, 0.2) is 0 Å². The van der Waals surface area contributed by atoms with Crippen molar-refractivity contribution in [2.24, 2.45) is 0 Å². The molecule has 5 nitrogen and oxygen atoms in total. The van der Waals surface area contributed by atoms with Crippen LogP contribution in [-0.2, 0) is 11.3 Å². The van der Waals surface area contributed by atoms with Gasteiger partial charge in [-0.2, -0.15) is 11.3 Å². The van der Waals surface area contributed by atoms with Crippen molar-refractivity contribution in [1.82, 2.24) is 10.2 Å². The van der Waals surface area contributed by atoms with E-state index in [0.29, 0.717) is 25.6 Å².